The Balaban J connectivity index is 2.17. The molecule has 0 spiro atoms. The zero-order valence-corrected chi connectivity index (χ0v) is 11.9. The van der Waals surface area contributed by atoms with Gasteiger partial charge in [-0.05, 0) is 33.6 Å². The lowest BCUT2D eigenvalue weighted by Crippen LogP contribution is -1.79. The Morgan fingerprint density at radius 2 is 1.72 bits per heavy atom. The van der Waals surface area contributed by atoms with Gasteiger partial charge < -0.3 is 0 Å². The molecule has 0 N–H and O–H groups in total. The van der Waals surface area contributed by atoms with Gasteiger partial charge in [-0.2, -0.15) is 0 Å². The Bertz CT molecular complexity index is 590. The van der Waals surface area contributed by atoms with E-state index in [1.807, 2.05) is 18.3 Å². The molecule has 1 nitrogen and oxygen atoms in total. The number of pyridine rings is 1. The first-order valence-corrected chi connectivity index (χ1v) is 7.21. The van der Waals surface area contributed by atoms with Gasteiger partial charge in [0.15, 0.2) is 0 Å². The van der Waals surface area contributed by atoms with Gasteiger partial charge in [-0.3, -0.25) is 4.98 Å². The standard InChI is InChI=1S/C15H10BrNS/c16-14-9-13(11-5-2-1-3-6-11)15(18-14)12-7-4-8-17-10-12/h1-10H. The SMILES string of the molecule is Brc1cc(-c2ccccc2)c(-c2cccnc2)s1. The summed E-state index contributed by atoms with van der Waals surface area (Å²) in [5.41, 5.74) is 3.64. The van der Waals surface area contributed by atoms with E-state index in [2.05, 4.69) is 57.3 Å². The first-order valence-electron chi connectivity index (χ1n) is 5.60. The van der Waals surface area contributed by atoms with Crippen LogP contribution in [0.1, 0.15) is 0 Å². The van der Waals surface area contributed by atoms with Crippen LogP contribution in [0.4, 0.5) is 0 Å². The molecule has 0 saturated carbocycles. The molecule has 3 heteroatoms. The van der Waals surface area contributed by atoms with Crippen molar-refractivity contribution in [2.45, 2.75) is 0 Å². The summed E-state index contributed by atoms with van der Waals surface area (Å²) < 4.78 is 1.14. The van der Waals surface area contributed by atoms with Crippen LogP contribution in [0.2, 0.25) is 0 Å². The fourth-order valence-electron chi connectivity index (χ4n) is 1.90. The molecule has 0 aliphatic heterocycles. The van der Waals surface area contributed by atoms with Crippen LogP contribution in [0.5, 0.6) is 0 Å². The lowest BCUT2D eigenvalue weighted by molar-refractivity contribution is 1.33. The van der Waals surface area contributed by atoms with Gasteiger partial charge in [-0.1, -0.05) is 36.4 Å². The van der Waals surface area contributed by atoms with Gasteiger partial charge in [-0.25, -0.2) is 0 Å². The van der Waals surface area contributed by atoms with E-state index in [-0.39, 0.29) is 0 Å². The summed E-state index contributed by atoms with van der Waals surface area (Å²) in [5, 5.41) is 0. The number of rotatable bonds is 2. The fraction of sp³-hybridized carbons (Fsp3) is 0. The Hall–Kier alpha value is -1.45. The summed E-state index contributed by atoms with van der Waals surface area (Å²) in [7, 11) is 0. The molecule has 3 aromatic rings. The van der Waals surface area contributed by atoms with Gasteiger partial charge >= 0.3 is 0 Å². The minimum absolute atomic E-state index is 1.14. The summed E-state index contributed by atoms with van der Waals surface area (Å²) in [5.74, 6) is 0. The smallest absolute Gasteiger partial charge is 0.0711 e. The number of benzene rings is 1. The van der Waals surface area contributed by atoms with Crippen molar-refractivity contribution in [3.63, 3.8) is 0 Å². The minimum atomic E-state index is 1.14. The van der Waals surface area contributed by atoms with E-state index in [0.29, 0.717) is 0 Å². The third-order valence-corrected chi connectivity index (χ3v) is 4.40. The zero-order valence-electron chi connectivity index (χ0n) is 9.51. The predicted molar refractivity (Wildman–Crippen MR) is 80.7 cm³/mol. The average molecular weight is 316 g/mol. The summed E-state index contributed by atoms with van der Waals surface area (Å²) in [6.45, 7) is 0. The second kappa shape index (κ2) is 5.04. The van der Waals surface area contributed by atoms with E-state index in [4.69, 9.17) is 0 Å². The molecule has 0 unspecified atom stereocenters. The first-order chi connectivity index (χ1) is 8.84. The van der Waals surface area contributed by atoms with E-state index < -0.39 is 0 Å². The molecule has 2 aromatic heterocycles. The molecule has 3 rings (SSSR count). The fourth-order valence-corrected chi connectivity index (χ4v) is 3.52. The van der Waals surface area contributed by atoms with Gasteiger partial charge in [0.1, 0.15) is 0 Å². The van der Waals surface area contributed by atoms with Gasteiger partial charge in [-0.15, -0.1) is 11.3 Å². The molecule has 1 aromatic carbocycles. The summed E-state index contributed by atoms with van der Waals surface area (Å²) in [6, 6.07) is 16.7. The number of hydrogen-bond acceptors (Lipinski definition) is 2. The van der Waals surface area contributed by atoms with Gasteiger partial charge in [0, 0.05) is 28.4 Å². The molecule has 18 heavy (non-hydrogen) atoms. The highest BCUT2D eigenvalue weighted by Crippen LogP contribution is 2.41. The molecule has 0 aliphatic rings. The van der Waals surface area contributed by atoms with Crippen LogP contribution in [0.3, 0.4) is 0 Å². The van der Waals surface area contributed by atoms with Crippen molar-refractivity contribution in [3.05, 3.63) is 64.7 Å². The first kappa shape index (κ1) is 11.6. The van der Waals surface area contributed by atoms with Crippen molar-refractivity contribution >= 4 is 27.3 Å². The highest BCUT2D eigenvalue weighted by atomic mass is 79.9. The van der Waals surface area contributed by atoms with Crippen LogP contribution in [0.25, 0.3) is 21.6 Å². The van der Waals surface area contributed by atoms with Crippen molar-refractivity contribution in [2.75, 3.05) is 0 Å². The molecule has 0 radical (unpaired) electrons. The maximum Gasteiger partial charge on any atom is 0.0711 e. The lowest BCUT2D eigenvalue weighted by Gasteiger charge is -2.03. The second-order valence-electron chi connectivity index (χ2n) is 3.90. The highest BCUT2D eigenvalue weighted by molar-refractivity contribution is 9.11. The maximum atomic E-state index is 4.20. The maximum absolute atomic E-state index is 4.20. The summed E-state index contributed by atoms with van der Waals surface area (Å²) >= 11 is 5.31. The van der Waals surface area contributed by atoms with Crippen molar-refractivity contribution in [1.29, 1.82) is 0 Å². The second-order valence-corrected chi connectivity index (χ2v) is 6.33. The Labute approximate surface area is 118 Å². The molecule has 0 saturated heterocycles. The van der Waals surface area contributed by atoms with Crippen molar-refractivity contribution < 1.29 is 0 Å². The van der Waals surface area contributed by atoms with E-state index >= 15 is 0 Å². The van der Waals surface area contributed by atoms with Crippen LogP contribution >= 0.6 is 27.3 Å². The topological polar surface area (TPSA) is 12.9 Å². The molecule has 88 valence electrons. The summed E-state index contributed by atoms with van der Waals surface area (Å²) in [4.78, 5) is 5.45. The minimum Gasteiger partial charge on any atom is -0.264 e. The largest absolute Gasteiger partial charge is 0.264 e. The normalized spacial score (nSPS) is 10.5. The predicted octanol–water partition coefficient (Wildman–Crippen LogP) is 5.24. The van der Waals surface area contributed by atoms with Gasteiger partial charge in [0.25, 0.3) is 0 Å². The van der Waals surface area contributed by atoms with Crippen molar-refractivity contribution in [1.82, 2.24) is 4.98 Å². The average Bonchev–Trinajstić information content (AvgIpc) is 2.83. The number of aromatic nitrogens is 1. The molecule has 0 amide bonds. The van der Waals surface area contributed by atoms with Crippen LogP contribution in [-0.4, -0.2) is 4.98 Å². The number of nitrogens with zero attached hydrogens (tertiary/aromatic N) is 1. The lowest BCUT2D eigenvalue weighted by atomic mass is 10.0. The quantitative estimate of drug-likeness (QED) is 0.630. The van der Waals surface area contributed by atoms with Crippen LogP contribution in [0, 0.1) is 0 Å². The molecule has 0 fully saturated rings. The molecule has 2 heterocycles. The van der Waals surface area contributed by atoms with Crippen molar-refractivity contribution in [2.24, 2.45) is 0 Å². The van der Waals surface area contributed by atoms with Crippen LogP contribution in [0.15, 0.2) is 64.7 Å². The Kier molecular flexibility index (Phi) is 3.26. The van der Waals surface area contributed by atoms with Gasteiger partial charge in [0.05, 0.1) is 3.79 Å². The van der Waals surface area contributed by atoms with E-state index in [0.717, 1.165) is 9.35 Å². The number of thiophene rings is 1. The van der Waals surface area contributed by atoms with E-state index in [1.54, 1.807) is 17.5 Å². The molecular weight excluding hydrogens is 306 g/mol. The summed E-state index contributed by atoms with van der Waals surface area (Å²) in [6.07, 6.45) is 3.71. The van der Waals surface area contributed by atoms with Gasteiger partial charge in [0.2, 0.25) is 0 Å². The Morgan fingerprint density at radius 3 is 2.44 bits per heavy atom. The highest BCUT2D eigenvalue weighted by Gasteiger charge is 2.11. The Morgan fingerprint density at radius 1 is 0.944 bits per heavy atom. The molecular formula is C15H10BrNS. The number of hydrogen-bond donors (Lipinski definition) is 0. The third-order valence-electron chi connectivity index (χ3n) is 2.71. The molecule has 0 atom stereocenters. The van der Waals surface area contributed by atoms with E-state index in [9.17, 15) is 0 Å². The van der Waals surface area contributed by atoms with Crippen LogP contribution in [-0.2, 0) is 0 Å². The van der Waals surface area contributed by atoms with Crippen molar-refractivity contribution in [3.8, 4) is 21.6 Å². The molecule has 0 bridgehead atoms. The molecule has 0 aliphatic carbocycles. The zero-order chi connectivity index (χ0) is 12.4. The van der Waals surface area contributed by atoms with Crippen LogP contribution < -0.4 is 0 Å². The monoisotopic (exact) mass is 315 g/mol. The third kappa shape index (κ3) is 2.24. The number of halogens is 1. The van der Waals surface area contributed by atoms with E-state index in [1.165, 1.54) is 16.0 Å².